The maximum atomic E-state index is 13.3. The summed E-state index contributed by atoms with van der Waals surface area (Å²) >= 11 is 0. The van der Waals surface area contributed by atoms with Crippen LogP contribution in [0.5, 0.6) is 0 Å². The molecule has 4 rings (SSSR count). The second-order valence-corrected chi connectivity index (χ2v) is 8.53. The largest absolute Gasteiger partial charge is 0.366 e. The third-order valence-electron chi connectivity index (χ3n) is 6.73. The number of nitrogens with two attached hydrogens (primary N) is 1. The summed E-state index contributed by atoms with van der Waals surface area (Å²) < 4.78 is 0. The molecular weight excluding hydrogens is 326 g/mol. The maximum absolute atomic E-state index is 13.3. The molecule has 0 bridgehead atoms. The number of benzene rings is 1. The highest BCUT2D eigenvalue weighted by atomic mass is 16.2. The summed E-state index contributed by atoms with van der Waals surface area (Å²) in [6.45, 7) is 6.30. The number of carbonyl (C=O) groups excluding carboxylic acids is 2. The van der Waals surface area contributed by atoms with Crippen LogP contribution >= 0.6 is 0 Å². The Labute approximate surface area is 155 Å². The average Bonchev–Trinajstić information content (AvgIpc) is 3.21. The van der Waals surface area contributed by atoms with Gasteiger partial charge in [0.05, 0.1) is 16.7 Å². The Balaban J connectivity index is 1.57. The van der Waals surface area contributed by atoms with Gasteiger partial charge in [-0.3, -0.25) is 9.59 Å². The fourth-order valence-corrected chi connectivity index (χ4v) is 5.40. The highest BCUT2D eigenvalue weighted by Crippen LogP contribution is 2.43. The molecule has 2 fully saturated rings. The Bertz CT molecular complexity index is 729. The van der Waals surface area contributed by atoms with E-state index in [0.29, 0.717) is 11.1 Å². The van der Waals surface area contributed by atoms with Crippen LogP contribution in [0.15, 0.2) is 18.2 Å². The first-order valence-corrected chi connectivity index (χ1v) is 9.92. The summed E-state index contributed by atoms with van der Waals surface area (Å²) in [6.07, 6.45) is 7.37. The zero-order valence-electron chi connectivity index (χ0n) is 15.8. The molecule has 2 aliphatic heterocycles. The van der Waals surface area contributed by atoms with Gasteiger partial charge in [0.1, 0.15) is 0 Å². The van der Waals surface area contributed by atoms with Crippen LogP contribution in [0.25, 0.3) is 0 Å². The number of amides is 2. The van der Waals surface area contributed by atoms with E-state index in [1.807, 2.05) is 17.0 Å². The molecule has 0 spiro atoms. The Morgan fingerprint density at radius 2 is 1.73 bits per heavy atom. The molecule has 2 heterocycles. The Morgan fingerprint density at radius 1 is 1.08 bits per heavy atom. The average molecular weight is 355 g/mol. The van der Waals surface area contributed by atoms with Crippen molar-refractivity contribution in [3.8, 4) is 0 Å². The summed E-state index contributed by atoms with van der Waals surface area (Å²) in [5.41, 5.74) is 6.93. The van der Waals surface area contributed by atoms with Gasteiger partial charge in [0.25, 0.3) is 5.91 Å². The van der Waals surface area contributed by atoms with Crippen LogP contribution in [0.1, 0.15) is 78.7 Å². The van der Waals surface area contributed by atoms with Crippen LogP contribution in [-0.2, 0) is 5.54 Å². The molecule has 1 saturated heterocycles. The topological polar surface area (TPSA) is 66.6 Å². The van der Waals surface area contributed by atoms with Crippen molar-refractivity contribution in [3.05, 3.63) is 34.9 Å². The van der Waals surface area contributed by atoms with E-state index in [1.165, 1.54) is 25.7 Å². The van der Waals surface area contributed by atoms with E-state index in [9.17, 15) is 9.59 Å². The van der Waals surface area contributed by atoms with E-state index in [2.05, 4.69) is 18.7 Å². The van der Waals surface area contributed by atoms with Crippen LogP contribution < -0.4 is 5.73 Å². The van der Waals surface area contributed by atoms with Gasteiger partial charge in [-0.15, -0.1) is 0 Å². The van der Waals surface area contributed by atoms with Crippen LogP contribution in [-0.4, -0.2) is 46.8 Å². The van der Waals surface area contributed by atoms with E-state index >= 15 is 0 Å². The predicted molar refractivity (Wildman–Crippen MR) is 101 cm³/mol. The van der Waals surface area contributed by atoms with Gasteiger partial charge < -0.3 is 15.5 Å². The van der Waals surface area contributed by atoms with Gasteiger partial charge >= 0.3 is 0 Å². The maximum Gasteiger partial charge on any atom is 0.255 e. The first kappa shape index (κ1) is 17.5. The number of hydrogen-bond donors (Lipinski definition) is 1. The molecule has 2 amide bonds. The third kappa shape index (κ3) is 2.64. The van der Waals surface area contributed by atoms with E-state index in [0.717, 1.165) is 37.5 Å². The quantitative estimate of drug-likeness (QED) is 0.906. The lowest BCUT2D eigenvalue weighted by Crippen LogP contribution is -2.52. The molecule has 2 N–H and O–H groups in total. The first-order valence-electron chi connectivity index (χ1n) is 9.92. The summed E-state index contributed by atoms with van der Waals surface area (Å²) in [7, 11) is 0. The van der Waals surface area contributed by atoms with Crippen LogP contribution in [0.4, 0.5) is 0 Å². The molecule has 1 saturated carbocycles. The third-order valence-corrected chi connectivity index (χ3v) is 6.73. The van der Waals surface area contributed by atoms with Crippen molar-refractivity contribution < 1.29 is 9.59 Å². The van der Waals surface area contributed by atoms with Crippen molar-refractivity contribution in [2.24, 2.45) is 5.73 Å². The number of nitrogens with zero attached hydrogens (tertiary/aromatic N) is 2. The summed E-state index contributed by atoms with van der Waals surface area (Å²) in [6, 6.07) is 6.44. The molecule has 0 atom stereocenters. The minimum absolute atomic E-state index is 0.0290. The summed E-state index contributed by atoms with van der Waals surface area (Å²) in [5, 5.41) is 0. The molecule has 26 heavy (non-hydrogen) atoms. The molecule has 5 nitrogen and oxygen atoms in total. The van der Waals surface area contributed by atoms with Crippen molar-refractivity contribution in [2.45, 2.75) is 70.0 Å². The predicted octanol–water partition coefficient (Wildman–Crippen LogP) is 2.88. The smallest absolute Gasteiger partial charge is 0.255 e. The number of primary amides is 1. The normalized spacial score (nSPS) is 24.2. The van der Waals surface area contributed by atoms with Crippen molar-refractivity contribution in [3.63, 3.8) is 0 Å². The minimum atomic E-state index is -0.524. The molecule has 3 aliphatic rings. The zero-order chi connectivity index (χ0) is 18.5. The van der Waals surface area contributed by atoms with E-state index in [1.54, 1.807) is 6.07 Å². The number of rotatable bonds is 3. The second-order valence-electron chi connectivity index (χ2n) is 8.53. The molecule has 1 aromatic carbocycles. The van der Waals surface area contributed by atoms with Crippen molar-refractivity contribution in [2.75, 3.05) is 13.1 Å². The lowest BCUT2D eigenvalue weighted by Gasteiger charge is -2.44. The standard InChI is InChI=1S/C21H29N3O2/c1-21(2)17-9-5-8-16(19(22)25)18(17)20(26)24(21)15-10-12-23(13-11-15)14-6-3-4-7-14/h5,8-9,14-15H,3-4,6-7,10-13H2,1-2H3,(H2,22,25). The molecule has 140 valence electrons. The number of piperidine rings is 1. The lowest BCUT2D eigenvalue weighted by atomic mass is 9.90. The van der Waals surface area contributed by atoms with Gasteiger partial charge in [-0.05, 0) is 51.2 Å². The van der Waals surface area contributed by atoms with Crippen LogP contribution in [0.3, 0.4) is 0 Å². The monoisotopic (exact) mass is 355 g/mol. The highest BCUT2D eigenvalue weighted by molar-refractivity contribution is 6.10. The SMILES string of the molecule is CC1(C)c2cccc(C(N)=O)c2C(=O)N1C1CCN(C2CCCC2)CC1. The highest BCUT2D eigenvalue weighted by Gasteiger charge is 2.48. The molecule has 0 radical (unpaired) electrons. The Hall–Kier alpha value is -1.88. The lowest BCUT2D eigenvalue weighted by molar-refractivity contribution is 0.0261. The first-order chi connectivity index (χ1) is 12.4. The molecule has 1 aliphatic carbocycles. The Kier molecular flexibility index (Phi) is 4.30. The molecule has 0 aromatic heterocycles. The number of hydrogen-bond acceptors (Lipinski definition) is 3. The van der Waals surface area contributed by atoms with Crippen LogP contribution in [0, 0.1) is 0 Å². The van der Waals surface area contributed by atoms with Gasteiger partial charge in [0, 0.05) is 25.2 Å². The van der Waals surface area contributed by atoms with Crippen molar-refractivity contribution in [1.82, 2.24) is 9.80 Å². The van der Waals surface area contributed by atoms with E-state index < -0.39 is 11.4 Å². The van der Waals surface area contributed by atoms with Gasteiger partial charge in [-0.25, -0.2) is 0 Å². The minimum Gasteiger partial charge on any atom is -0.366 e. The number of carbonyl (C=O) groups is 2. The fraction of sp³-hybridized carbons (Fsp3) is 0.619. The van der Waals surface area contributed by atoms with Gasteiger partial charge in [0.15, 0.2) is 0 Å². The summed E-state index contributed by atoms with van der Waals surface area (Å²) in [4.78, 5) is 29.8. The molecular formula is C21H29N3O2. The number of fused-ring (bicyclic) bond motifs is 1. The van der Waals surface area contributed by atoms with E-state index in [-0.39, 0.29) is 11.9 Å². The summed E-state index contributed by atoms with van der Waals surface area (Å²) in [5.74, 6) is -0.553. The van der Waals surface area contributed by atoms with Crippen LogP contribution in [0.2, 0.25) is 0 Å². The molecule has 1 aromatic rings. The van der Waals surface area contributed by atoms with Gasteiger partial charge in [-0.2, -0.15) is 0 Å². The second kappa shape index (κ2) is 6.38. The van der Waals surface area contributed by atoms with Gasteiger partial charge in [0.2, 0.25) is 5.91 Å². The Morgan fingerprint density at radius 3 is 2.35 bits per heavy atom. The van der Waals surface area contributed by atoms with E-state index in [4.69, 9.17) is 5.73 Å². The van der Waals surface area contributed by atoms with Crippen molar-refractivity contribution >= 4 is 11.8 Å². The zero-order valence-corrected chi connectivity index (χ0v) is 15.8. The number of likely N-dealkylation sites (tertiary alicyclic amines) is 1. The van der Waals surface area contributed by atoms with Gasteiger partial charge in [-0.1, -0.05) is 25.0 Å². The molecule has 5 heteroatoms. The molecule has 0 unspecified atom stereocenters. The fourth-order valence-electron chi connectivity index (χ4n) is 5.40. The van der Waals surface area contributed by atoms with Crippen molar-refractivity contribution in [1.29, 1.82) is 0 Å².